The van der Waals surface area contributed by atoms with Crippen molar-refractivity contribution in [2.24, 2.45) is 10.8 Å². The Balaban J connectivity index is 0.00000226. The molecule has 2 aromatic heterocycles. The zero-order valence-electron chi connectivity index (χ0n) is 27.6. The van der Waals surface area contributed by atoms with Crippen LogP contribution in [-0.4, -0.2) is 75.2 Å². The Bertz CT molecular complexity index is 1570. The van der Waals surface area contributed by atoms with Gasteiger partial charge in [0.05, 0.1) is 17.6 Å². The van der Waals surface area contributed by atoms with Gasteiger partial charge in [-0.15, -0.1) is 0 Å². The number of carbonyl (C=O) groups excluding carboxylic acids is 1. The van der Waals surface area contributed by atoms with Gasteiger partial charge in [0.15, 0.2) is 11.5 Å². The lowest BCUT2D eigenvalue weighted by Gasteiger charge is -2.38. The molecule has 0 unspecified atom stereocenters. The lowest BCUT2D eigenvalue weighted by molar-refractivity contribution is -0.135. The van der Waals surface area contributed by atoms with Gasteiger partial charge in [0.1, 0.15) is 0 Å². The molecule has 1 fully saturated rings. The van der Waals surface area contributed by atoms with E-state index in [1.165, 1.54) is 16.8 Å². The van der Waals surface area contributed by atoms with E-state index >= 15 is 0 Å². The van der Waals surface area contributed by atoms with E-state index in [0.717, 1.165) is 44.7 Å². The molecule has 0 bridgehead atoms. The van der Waals surface area contributed by atoms with Crippen LogP contribution in [0.1, 0.15) is 71.7 Å². The monoisotopic (exact) mass is 617 g/mol. The Morgan fingerprint density at radius 2 is 1.78 bits per heavy atom. The van der Waals surface area contributed by atoms with Gasteiger partial charge < -0.3 is 20.0 Å². The Morgan fingerprint density at radius 3 is 2.40 bits per heavy atom. The lowest BCUT2D eigenvalue weighted by atomic mass is 9.61. The minimum absolute atomic E-state index is 0.00928. The molecule has 2 aliphatic rings. The molecule has 1 N–H and O–H groups in total. The summed E-state index contributed by atoms with van der Waals surface area (Å²) in [4.78, 5) is 30.2. The van der Waals surface area contributed by atoms with E-state index in [1.807, 2.05) is 45.6 Å². The number of amides is 1. The van der Waals surface area contributed by atoms with E-state index in [-0.39, 0.29) is 24.4 Å². The molecule has 2 aliphatic heterocycles. The number of piperazine rings is 1. The summed E-state index contributed by atoms with van der Waals surface area (Å²) in [6.07, 6.45) is 7.02. The maximum atomic E-state index is 13.8. The van der Waals surface area contributed by atoms with Crippen LogP contribution in [0.2, 0.25) is 6.32 Å². The van der Waals surface area contributed by atoms with Gasteiger partial charge in [-0.1, -0.05) is 72.9 Å². The molecule has 0 radical (unpaired) electrons. The van der Waals surface area contributed by atoms with E-state index in [4.69, 9.17) is 0 Å². The molecule has 0 aliphatic carbocycles. The first-order chi connectivity index (χ1) is 21.7. The first-order valence-corrected chi connectivity index (χ1v) is 16.3. The minimum Gasteiger partial charge on any atom is -0.368 e. The number of hydrogen-bond donors (Lipinski definition) is 1. The topological polar surface area (TPSA) is 78.1 Å². The quantitative estimate of drug-likeness (QED) is 0.242. The number of benzene rings is 1. The molecule has 11 heteroatoms. The highest BCUT2D eigenvalue weighted by Crippen LogP contribution is 2.31. The van der Waals surface area contributed by atoms with Gasteiger partial charge in [0.25, 0.3) is 6.43 Å². The van der Waals surface area contributed by atoms with Crippen LogP contribution in [0.4, 0.5) is 20.3 Å². The van der Waals surface area contributed by atoms with Gasteiger partial charge >= 0.3 is 6.85 Å². The summed E-state index contributed by atoms with van der Waals surface area (Å²) in [5.74, 6) is 2.56. The average molecular weight is 618 g/mol. The number of nitrogens with one attached hydrogen (secondary N) is 1. The van der Waals surface area contributed by atoms with Crippen molar-refractivity contribution in [3.05, 3.63) is 65.7 Å². The lowest BCUT2D eigenvalue weighted by Crippen LogP contribution is -2.49. The second-order valence-electron chi connectivity index (χ2n) is 11.3. The number of aromatic nitrogens is 3. The summed E-state index contributed by atoms with van der Waals surface area (Å²) in [5, 5.41) is 3.42. The summed E-state index contributed by atoms with van der Waals surface area (Å²) in [6.45, 7) is 16.9. The number of halogens is 2. The molecule has 5 rings (SSSR count). The Labute approximate surface area is 266 Å². The number of nitrogens with zero attached hydrogens (tertiary/aromatic N) is 6. The van der Waals surface area contributed by atoms with E-state index in [2.05, 4.69) is 57.1 Å². The van der Waals surface area contributed by atoms with E-state index < -0.39 is 6.43 Å². The number of imidazole rings is 1. The molecule has 0 saturated carbocycles. The summed E-state index contributed by atoms with van der Waals surface area (Å²) in [5.41, 5.74) is 5.81. The second kappa shape index (κ2) is 15.3. The summed E-state index contributed by atoms with van der Waals surface area (Å²) >= 11 is 0. The largest absolute Gasteiger partial charge is 0.368 e. The highest BCUT2D eigenvalue weighted by molar-refractivity contribution is 6.70. The Morgan fingerprint density at radius 1 is 1.07 bits per heavy atom. The van der Waals surface area contributed by atoms with Crippen LogP contribution in [0.3, 0.4) is 0 Å². The Kier molecular flexibility index (Phi) is 11.5. The van der Waals surface area contributed by atoms with Gasteiger partial charge in [-0.2, -0.15) is 0 Å². The third kappa shape index (κ3) is 7.29. The number of hydrogen-bond acceptors (Lipinski definition) is 6. The van der Waals surface area contributed by atoms with Crippen LogP contribution >= 0.6 is 0 Å². The summed E-state index contributed by atoms with van der Waals surface area (Å²) in [6, 6.07) is 6.32. The smallest absolute Gasteiger partial charge is 0.305 e. The fraction of sp³-hybridized carbons (Fsp3) is 0.471. The number of rotatable bonds is 10. The fourth-order valence-electron chi connectivity index (χ4n) is 5.86. The van der Waals surface area contributed by atoms with Crippen molar-refractivity contribution < 1.29 is 13.6 Å². The van der Waals surface area contributed by atoms with Crippen molar-refractivity contribution in [3.8, 4) is 0 Å². The van der Waals surface area contributed by atoms with Crippen molar-refractivity contribution in [3.63, 3.8) is 0 Å². The van der Waals surface area contributed by atoms with Crippen LogP contribution in [0.5, 0.6) is 0 Å². The molecule has 1 amide bonds. The van der Waals surface area contributed by atoms with Crippen LogP contribution in [-0.2, 0) is 11.2 Å². The van der Waals surface area contributed by atoms with Crippen molar-refractivity contribution in [1.82, 2.24) is 24.2 Å². The molecule has 240 valence electrons. The molecule has 1 aromatic carbocycles. The van der Waals surface area contributed by atoms with E-state index in [0.29, 0.717) is 29.1 Å². The predicted octanol–water partition coefficient (Wildman–Crippen LogP) is 7.27. The highest BCUT2D eigenvalue weighted by atomic mass is 19.3. The predicted molar refractivity (Wildman–Crippen MR) is 182 cm³/mol. The number of alkyl halides is 2. The summed E-state index contributed by atoms with van der Waals surface area (Å²) < 4.78 is 29.4. The molecule has 1 saturated heterocycles. The maximum absolute atomic E-state index is 13.8. The number of carbonyl (C=O) groups is 1. The van der Waals surface area contributed by atoms with Crippen LogP contribution < -0.4 is 5.32 Å². The van der Waals surface area contributed by atoms with Gasteiger partial charge in [-0.25, -0.2) is 18.7 Å². The standard InChI is InChI=1S/C32H40BF2N7O.C2H6/c1-6-9-26(40-14-16-41(17-15-40)32(43)21(4)5)24-11-10-23(18-22(24)7-2)38-30-31-37-20-27(42(31)13-12-36-30)25-19-33(8-3)39-28(25)29(34)35;1-2/h9-13,18-21,29H,6-8,14-17H2,1-5H3,(H,36,38);1-2H3/b26-9-;. The zero-order valence-corrected chi connectivity index (χ0v) is 27.6. The number of fused-ring (bicyclic) bond motifs is 1. The normalized spacial score (nSPS) is 15.4. The molecule has 8 nitrogen and oxygen atoms in total. The first-order valence-electron chi connectivity index (χ1n) is 16.3. The van der Waals surface area contributed by atoms with Gasteiger partial charge in [-0.05, 0) is 30.5 Å². The Hall–Kier alpha value is -4.02. The first kappa shape index (κ1) is 33.9. The SMILES string of the molecule is CC.CC/C=C(/c1ccc(Nc2nccn3c(C4=CB(CC)N=C4C(F)F)cnc23)cc1CC)N1CCN(C(=O)C(C)C)CC1. The maximum Gasteiger partial charge on any atom is 0.305 e. The molecular weight excluding hydrogens is 571 g/mol. The van der Waals surface area contributed by atoms with Gasteiger partial charge in [0, 0.05) is 67.0 Å². The molecule has 0 spiro atoms. The third-order valence-corrected chi connectivity index (χ3v) is 8.12. The molecule has 4 heterocycles. The van der Waals surface area contributed by atoms with Crippen molar-refractivity contribution >= 4 is 46.9 Å². The van der Waals surface area contributed by atoms with E-state index in [1.54, 1.807) is 29.0 Å². The second-order valence-corrected chi connectivity index (χ2v) is 11.3. The van der Waals surface area contributed by atoms with Crippen molar-refractivity contribution in [2.75, 3.05) is 31.5 Å². The van der Waals surface area contributed by atoms with Crippen LogP contribution in [0, 0.1) is 5.92 Å². The number of aryl methyl sites for hydroxylation is 1. The van der Waals surface area contributed by atoms with Crippen molar-refractivity contribution in [2.45, 2.75) is 74.1 Å². The third-order valence-electron chi connectivity index (χ3n) is 8.12. The fourth-order valence-corrected chi connectivity index (χ4v) is 5.86. The number of allylic oxidation sites excluding steroid dienone is 2. The molecular formula is C34H46BF2N7O. The van der Waals surface area contributed by atoms with E-state index in [9.17, 15) is 13.6 Å². The van der Waals surface area contributed by atoms with Gasteiger partial charge in [0.2, 0.25) is 5.91 Å². The van der Waals surface area contributed by atoms with Crippen LogP contribution in [0.15, 0.2) is 53.7 Å². The molecule has 45 heavy (non-hydrogen) atoms. The molecule has 3 aromatic rings. The minimum atomic E-state index is -2.66. The van der Waals surface area contributed by atoms with Crippen LogP contribution in [0.25, 0.3) is 16.9 Å². The van der Waals surface area contributed by atoms with Gasteiger partial charge in [-0.3, -0.25) is 9.20 Å². The average Bonchev–Trinajstić information content (AvgIpc) is 3.69. The highest BCUT2D eigenvalue weighted by Gasteiger charge is 2.30. The molecule has 0 atom stereocenters. The zero-order chi connectivity index (χ0) is 32.7. The van der Waals surface area contributed by atoms with Crippen molar-refractivity contribution in [1.29, 1.82) is 0 Å². The number of anilines is 2. The summed E-state index contributed by atoms with van der Waals surface area (Å²) in [7, 11) is 0.